The lowest BCUT2D eigenvalue weighted by Gasteiger charge is -2.19. The van der Waals surface area contributed by atoms with Crippen LogP contribution in [-0.4, -0.2) is 36.1 Å². The number of nitrogens with two attached hydrogens (primary N) is 1. The van der Waals surface area contributed by atoms with E-state index in [1.165, 1.54) is 5.22 Å². The zero-order chi connectivity index (χ0) is 18.4. The SMILES string of the molecule is CCN(CC)CCOc1ccc(N(N)c2ccc3c(n2)=CCCC=3)cc1. The van der Waals surface area contributed by atoms with Crippen LogP contribution >= 0.6 is 0 Å². The summed E-state index contributed by atoms with van der Waals surface area (Å²) in [6, 6.07) is 11.9. The highest BCUT2D eigenvalue weighted by molar-refractivity contribution is 5.59. The molecule has 1 heterocycles. The van der Waals surface area contributed by atoms with Gasteiger partial charge >= 0.3 is 0 Å². The summed E-state index contributed by atoms with van der Waals surface area (Å²) < 4.78 is 5.83. The Bertz CT molecular complexity index is 828. The normalized spacial score (nSPS) is 12.9. The number of aromatic nitrogens is 1. The van der Waals surface area contributed by atoms with Crippen molar-refractivity contribution in [3.05, 3.63) is 47.0 Å². The summed E-state index contributed by atoms with van der Waals surface area (Å²) in [6.07, 6.45) is 6.50. The zero-order valence-electron chi connectivity index (χ0n) is 15.7. The van der Waals surface area contributed by atoms with Gasteiger partial charge in [-0.3, -0.25) is 5.01 Å². The summed E-state index contributed by atoms with van der Waals surface area (Å²) in [7, 11) is 0. The van der Waals surface area contributed by atoms with Gasteiger partial charge in [0.15, 0.2) is 0 Å². The molecule has 1 aromatic heterocycles. The predicted molar refractivity (Wildman–Crippen MR) is 108 cm³/mol. The number of hydrogen-bond donors (Lipinski definition) is 1. The monoisotopic (exact) mass is 352 g/mol. The Hall–Kier alpha value is -2.37. The number of fused-ring (bicyclic) bond motifs is 1. The van der Waals surface area contributed by atoms with Crippen molar-refractivity contribution in [2.45, 2.75) is 26.7 Å². The van der Waals surface area contributed by atoms with E-state index >= 15 is 0 Å². The summed E-state index contributed by atoms with van der Waals surface area (Å²) in [4.78, 5) is 7.02. The molecule has 5 heteroatoms. The Morgan fingerprint density at radius 2 is 1.73 bits per heavy atom. The van der Waals surface area contributed by atoms with Gasteiger partial charge in [0.25, 0.3) is 0 Å². The quantitative estimate of drug-likeness (QED) is 0.583. The molecule has 1 aliphatic carbocycles. The van der Waals surface area contributed by atoms with Crippen molar-refractivity contribution in [2.24, 2.45) is 5.84 Å². The fourth-order valence-corrected chi connectivity index (χ4v) is 3.07. The molecular formula is C21H28N4O. The molecule has 1 aliphatic rings. The van der Waals surface area contributed by atoms with Crippen LogP contribution in [0.4, 0.5) is 11.5 Å². The topological polar surface area (TPSA) is 54.6 Å². The summed E-state index contributed by atoms with van der Waals surface area (Å²) in [5.41, 5.74) is 0.883. The third-order valence-electron chi connectivity index (χ3n) is 4.74. The fraction of sp³-hybridized carbons (Fsp3) is 0.381. The fourth-order valence-electron chi connectivity index (χ4n) is 3.07. The number of benzene rings is 1. The second kappa shape index (κ2) is 8.83. The van der Waals surface area contributed by atoms with E-state index in [1.807, 2.05) is 30.3 Å². The van der Waals surface area contributed by atoms with Crippen molar-refractivity contribution in [2.75, 3.05) is 31.3 Å². The number of pyridine rings is 1. The lowest BCUT2D eigenvalue weighted by molar-refractivity contribution is 0.223. The van der Waals surface area contributed by atoms with Gasteiger partial charge in [-0.2, -0.15) is 0 Å². The summed E-state index contributed by atoms with van der Waals surface area (Å²) in [6.45, 7) is 8.04. The number of anilines is 2. The van der Waals surface area contributed by atoms with Gasteiger partial charge in [0, 0.05) is 6.54 Å². The highest BCUT2D eigenvalue weighted by Crippen LogP contribution is 2.22. The Morgan fingerprint density at radius 1 is 1.00 bits per heavy atom. The van der Waals surface area contributed by atoms with Crippen molar-refractivity contribution >= 4 is 23.7 Å². The highest BCUT2D eigenvalue weighted by atomic mass is 16.5. The first kappa shape index (κ1) is 18.4. The molecule has 0 bridgehead atoms. The molecule has 2 aromatic rings. The first-order valence-electron chi connectivity index (χ1n) is 9.38. The molecule has 0 atom stereocenters. The van der Waals surface area contributed by atoms with Crippen LogP contribution in [0.3, 0.4) is 0 Å². The zero-order valence-corrected chi connectivity index (χ0v) is 15.7. The van der Waals surface area contributed by atoms with Gasteiger partial charge in [0.2, 0.25) is 0 Å². The average Bonchev–Trinajstić information content (AvgIpc) is 2.71. The molecule has 0 saturated carbocycles. The van der Waals surface area contributed by atoms with Gasteiger partial charge in [-0.1, -0.05) is 26.0 Å². The van der Waals surface area contributed by atoms with Gasteiger partial charge in [0.05, 0.1) is 11.0 Å². The van der Waals surface area contributed by atoms with Crippen LogP contribution in [0.15, 0.2) is 36.4 Å². The minimum Gasteiger partial charge on any atom is -0.492 e. The van der Waals surface area contributed by atoms with Crippen LogP contribution in [-0.2, 0) is 0 Å². The molecular weight excluding hydrogens is 324 g/mol. The van der Waals surface area contributed by atoms with Crippen molar-refractivity contribution in [1.82, 2.24) is 9.88 Å². The molecule has 138 valence electrons. The van der Waals surface area contributed by atoms with E-state index in [2.05, 4.69) is 41.9 Å². The predicted octanol–water partition coefficient (Wildman–Crippen LogP) is 2.17. The van der Waals surface area contributed by atoms with Gasteiger partial charge < -0.3 is 9.64 Å². The number of rotatable bonds is 8. The lowest BCUT2D eigenvalue weighted by atomic mass is 10.1. The van der Waals surface area contributed by atoms with E-state index in [1.54, 1.807) is 5.01 Å². The molecule has 2 N–H and O–H groups in total. The number of hydrazine groups is 1. The molecule has 0 unspecified atom stereocenters. The Kier molecular flexibility index (Phi) is 6.26. The molecule has 0 spiro atoms. The van der Waals surface area contributed by atoms with E-state index in [9.17, 15) is 0 Å². The first-order valence-corrected chi connectivity index (χ1v) is 9.38. The van der Waals surface area contributed by atoms with Crippen molar-refractivity contribution in [3.63, 3.8) is 0 Å². The van der Waals surface area contributed by atoms with Gasteiger partial charge in [-0.15, -0.1) is 0 Å². The van der Waals surface area contributed by atoms with E-state index in [-0.39, 0.29) is 0 Å². The van der Waals surface area contributed by atoms with Crippen LogP contribution in [0.1, 0.15) is 26.7 Å². The van der Waals surface area contributed by atoms with Crippen LogP contribution in [0.5, 0.6) is 5.75 Å². The number of ether oxygens (including phenoxy) is 1. The Labute approximate surface area is 155 Å². The number of hydrogen-bond acceptors (Lipinski definition) is 5. The molecule has 1 aromatic carbocycles. The van der Waals surface area contributed by atoms with E-state index < -0.39 is 0 Å². The van der Waals surface area contributed by atoms with Crippen LogP contribution in [0, 0.1) is 0 Å². The van der Waals surface area contributed by atoms with E-state index in [4.69, 9.17) is 10.6 Å². The maximum atomic E-state index is 6.27. The van der Waals surface area contributed by atoms with Crippen LogP contribution < -0.4 is 26.2 Å². The smallest absolute Gasteiger partial charge is 0.147 e. The number of likely N-dealkylation sites (N-methyl/N-ethyl adjacent to an activating group) is 1. The molecule has 3 rings (SSSR count). The Balaban J connectivity index is 1.65. The average molecular weight is 352 g/mol. The van der Waals surface area contributed by atoms with Gasteiger partial charge in [0.1, 0.15) is 18.2 Å². The largest absolute Gasteiger partial charge is 0.492 e. The molecule has 26 heavy (non-hydrogen) atoms. The minimum absolute atomic E-state index is 0.687. The Morgan fingerprint density at radius 3 is 2.46 bits per heavy atom. The standard InChI is InChI=1S/C21H28N4O/c1-3-24(4-2)15-16-26-19-12-10-18(11-13-19)25(22)21-14-9-17-7-5-6-8-20(17)23-21/h7-14H,3-6,15-16,22H2,1-2H3. The second-order valence-corrected chi connectivity index (χ2v) is 6.37. The molecule has 0 fully saturated rings. The number of nitrogens with zero attached hydrogens (tertiary/aromatic N) is 3. The molecule has 0 saturated heterocycles. The third kappa shape index (κ3) is 4.42. The lowest BCUT2D eigenvalue weighted by Crippen LogP contribution is -2.34. The van der Waals surface area contributed by atoms with Crippen molar-refractivity contribution < 1.29 is 4.74 Å². The summed E-state index contributed by atoms with van der Waals surface area (Å²) in [5.74, 6) is 7.87. The summed E-state index contributed by atoms with van der Waals surface area (Å²) in [5, 5.41) is 3.81. The van der Waals surface area contributed by atoms with E-state index in [0.29, 0.717) is 6.61 Å². The molecule has 0 amide bonds. The highest BCUT2D eigenvalue weighted by Gasteiger charge is 2.08. The third-order valence-corrected chi connectivity index (χ3v) is 4.74. The minimum atomic E-state index is 0.687. The maximum absolute atomic E-state index is 6.27. The van der Waals surface area contributed by atoms with E-state index in [0.717, 1.165) is 55.1 Å². The second-order valence-electron chi connectivity index (χ2n) is 6.37. The maximum Gasteiger partial charge on any atom is 0.147 e. The molecule has 0 radical (unpaired) electrons. The van der Waals surface area contributed by atoms with Gasteiger partial charge in [-0.25, -0.2) is 10.8 Å². The van der Waals surface area contributed by atoms with Gasteiger partial charge in [-0.05, 0) is 67.5 Å². The molecule has 0 aliphatic heterocycles. The van der Waals surface area contributed by atoms with Crippen LogP contribution in [0.25, 0.3) is 12.2 Å². The van der Waals surface area contributed by atoms with Crippen LogP contribution in [0.2, 0.25) is 0 Å². The molecule has 5 nitrogen and oxygen atoms in total. The first-order chi connectivity index (χ1) is 12.7. The van der Waals surface area contributed by atoms with Crippen molar-refractivity contribution in [3.8, 4) is 5.75 Å². The van der Waals surface area contributed by atoms with Crippen molar-refractivity contribution in [1.29, 1.82) is 0 Å². The summed E-state index contributed by atoms with van der Waals surface area (Å²) >= 11 is 0.